The number of benzene rings is 1. The molecule has 0 N–H and O–H groups in total. The summed E-state index contributed by atoms with van der Waals surface area (Å²) in [4.78, 5) is 30.7. The largest absolute Gasteiger partial charge is 0.444 e. The van der Waals surface area contributed by atoms with Crippen molar-refractivity contribution in [3.05, 3.63) is 30.1 Å². The molecule has 1 atom stereocenters. The average Bonchev–Trinajstić information content (AvgIpc) is 2.93. The molecule has 0 bridgehead atoms. The van der Waals surface area contributed by atoms with Gasteiger partial charge in [-0.25, -0.2) is 9.78 Å². The van der Waals surface area contributed by atoms with E-state index in [0.29, 0.717) is 18.9 Å². The summed E-state index contributed by atoms with van der Waals surface area (Å²) in [5, 5.41) is 0. The maximum Gasteiger partial charge on any atom is 0.410 e. The number of Topliss-reactive ketones (excluding diaryl/α,β-unsaturated/α-hetero) is 1. The summed E-state index contributed by atoms with van der Waals surface area (Å²) in [6.07, 6.45) is 1.69. The van der Waals surface area contributed by atoms with Crippen LogP contribution in [0.4, 0.5) is 4.79 Å². The van der Waals surface area contributed by atoms with Crippen LogP contribution in [0, 0.1) is 5.92 Å². The van der Waals surface area contributed by atoms with Gasteiger partial charge in [0.05, 0.1) is 11.0 Å². The number of ether oxygens (including phenoxy) is 1. The first kappa shape index (κ1) is 18.4. The van der Waals surface area contributed by atoms with E-state index in [1.54, 1.807) is 11.8 Å². The van der Waals surface area contributed by atoms with E-state index in [0.717, 1.165) is 30.4 Å². The molecule has 0 radical (unpaired) electrons. The van der Waals surface area contributed by atoms with Crippen LogP contribution in [-0.4, -0.2) is 45.0 Å². The number of amides is 1. The number of para-hydroxylation sites is 2. The number of carbonyl (C=O) groups is 2. The number of likely N-dealkylation sites (tertiary alicyclic amines) is 1. The summed E-state index contributed by atoms with van der Waals surface area (Å²) in [6, 6.07) is 7.79. The van der Waals surface area contributed by atoms with Gasteiger partial charge < -0.3 is 14.2 Å². The third-order valence-corrected chi connectivity index (χ3v) is 4.58. The molecule has 1 fully saturated rings. The average molecular weight is 357 g/mol. The Morgan fingerprint density at radius 3 is 2.69 bits per heavy atom. The Bertz CT molecular complexity index is 819. The molecule has 6 heteroatoms. The van der Waals surface area contributed by atoms with Gasteiger partial charge in [0.25, 0.3) is 0 Å². The van der Waals surface area contributed by atoms with Gasteiger partial charge in [-0.15, -0.1) is 0 Å². The third-order valence-electron chi connectivity index (χ3n) is 4.58. The second-order valence-corrected chi connectivity index (χ2v) is 8.03. The van der Waals surface area contributed by atoms with E-state index in [-0.39, 0.29) is 17.8 Å². The van der Waals surface area contributed by atoms with Crippen molar-refractivity contribution in [1.29, 1.82) is 0 Å². The van der Waals surface area contributed by atoms with Gasteiger partial charge in [-0.2, -0.15) is 0 Å². The van der Waals surface area contributed by atoms with Crippen LogP contribution in [0.25, 0.3) is 11.0 Å². The summed E-state index contributed by atoms with van der Waals surface area (Å²) in [5.74, 6) is 0.716. The summed E-state index contributed by atoms with van der Waals surface area (Å²) in [5.41, 5.74) is 1.30. The number of hydrogen-bond acceptors (Lipinski definition) is 4. The maximum absolute atomic E-state index is 12.4. The van der Waals surface area contributed by atoms with Crippen LogP contribution >= 0.6 is 0 Å². The molecule has 1 amide bonds. The minimum absolute atomic E-state index is 0.0407. The van der Waals surface area contributed by atoms with Crippen molar-refractivity contribution in [3.8, 4) is 0 Å². The van der Waals surface area contributed by atoms with Crippen molar-refractivity contribution < 1.29 is 14.3 Å². The molecule has 1 aromatic heterocycles. The number of carbonyl (C=O) groups excluding carboxylic acids is 2. The van der Waals surface area contributed by atoms with Crippen LogP contribution in [-0.2, 0) is 11.3 Å². The lowest BCUT2D eigenvalue weighted by atomic mass is 9.98. The topological polar surface area (TPSA) is 64.4 Å². The number of piperidine rings is 1. The second-order valence-electron chi connectivity index (χ2n) is 8.03. The summed E-state index contributed by atoms with van der Waals surface area (Å²) >= 11 is 0. The highest BCUT2D eigenvalue weighted by molar-refractivity contribution is 5.94. The molecule has 3 rings (SSSR count). The van der Waals surface area contributed by atoms with E-state index in [2.05, 4.69) is 4.98 Å². The highest BCUT2D eigenvalue weighted by Gasteiger charge is 2.28. The minimum Gasteiger partial charge on any atom is -0.444 e. The van der Waals surface area contributed by atoms with Crippen molar-refractivity contribution in [3.63, 3.8) is 0 Å². The number of aromatic nitrogens is 2. The Morgan fingerprint density at radius 2 is 2.00 bits per heavy atom. The Kier molecular flexibility index (Phi) is 5.03. The normalized spacial score (nSPS) is 18.2. The van der Waals surface area contributed by atoms with E-state index < -0.39 is 5.60 Å². The van der Waals surface area contributed by atoms with Crippen molar-refractivity contribution in [2.75, 3.05) is 13.1 Å². The molecular formula is C20H27N3O3. The Morgan fingerprint density at radius 1 is 1.27 bits per heavy atom. The van der Waals surface area contributed by atoms with Crippen molar-refractivity contribution in [2.45, 2.75) is 52.7 Å². The number of ketones is 1. The van der Waals surface area contributed by atoms with Crippen molar-refractivity contribution in [1.82, 2.24) is 14.5 Å². The molecule has 0 aliphatic carbocycles. The van der Waals surface area contributed by atoms with Gasteiger partial charge in [0.15, 0.2) is 11.6 Å². The molecule has 2 aromatic rings. The molecule has 1 aromatic carbocycles. The first-order valence-corrected chi connectivity index (χ1v) is 9.19. The zero-order valence-corrected chi connectivity index (χ0v) is 16.0. The van der Waals surface area contributed by atoms with Crippen LogP contribution in [0.2, 0.25) is 0 Å². The first-order valence-electron chi connectivity index (χ1n) is 9.19. The lowest BCUT2D eigenvalue weighted by molar-refractivity contribution is 0.0157. The molecule has 1 saturated heterocycles. The van der Waals surface area contributed by atoms with Crippen LogP contribution in [0.15, 0.2) is 24.3 Å². The van der Waals surface area contributed by atoms with Gasteiger partial charge in [0.2, 0.25) is 0 Å². The zero-order chi connectivity index (χ0) is 18.9. The third kappa shape index (κ3) is 4.06. The van der Waals surface area contributed by atoms with Gasteiger partial charge in [-0.3, -0.25) is 4.79 Å². The number of hydrogen-bond donors (Lipinski definition) is 0. The highest BCUT2D eigenvalue weighted by Crippen LogP contribution is 2.24. The molecule has 1 aliphatic heterocycles. The van der Waals surface area contributed by atoms with E-state index >= 15 is 0 Å². The predicted octanol–water partition coefficient (Wildman–Crippen LogP) is 3.89. The molecule has 2 heterocycles. The molecule has 26 heavy (non-hydrogen) atoms. The maximum atomic E-state index is 12.4. The van der Waals surface area contributed by atoms with Crippen LogP contribution < -0.4 is 0 Å². The standard InChI is InChI=1S/C20H27N3O3/c1-14(24)18-21-16-9-5-6-10-17(16)23(18)13-15-8-7-11-22(12-15)19(25)26-20(2,3)4/h5-6,9-10,15H,7-8,11-13H2,1-4H3. The highest BCUT2D eigenvalue weighted by atomic mass is 16.6. The Balaban J connectivity index is 1.79. The fourth-order valence-corrected chi connectivity index (χ4v) is 3.49. The number of fused-ring (bicyclic) bond motifs is 1. The van der Waals surface area contributed by atoms with Gasteiger partial charge in [-0.05, 0) is 51.7 Å². The first-order chi connectivity index (χ1) is 12.2. The van der Waals surface area contributed by atoms with Crippen molar-refractivity contribution in [2.24, 2.45) is 5.92 Å². The summed E-state index contributed by atoms with van der Waals surface area (Å²) in [6.45, 7) is 9.21. The van der Waals surface area contributed by atoms with Gasteiger partial charge in [0.1, 0.15) is 5.60 Å². The lowest BCUT2D eigenvalue weighted by Crippen LogP contribution is -2.43. The molecule has 140 valence electrons. The predicted molar refractivity (Wildman–Crippen MR) is 100 cm³/mol. The summed E-state index contributed by atoms with van der Waals surface area (Å²) < 4.78 is 7.51. The van der Waals surface area contributed by atoms with Crippen LogP contribution in [0.1, 0.15) is 51.2 Å². The Hall–Kier alpha value is -2.37. The molecule has 6 nitrogen and oxygen atoms in total. The summed E-state index contributed by atoms with van der Waals surface area (Å²) in [7, 11) is 0. The van der Waals surface area contributed by atoms with Crippen molar-refractivity contribution >= 4 is 22.9 Å². The monoisotopic (exact) mass is 357 g/mol. The molecule has 0 saturated carbocycles. The number of imidazole rings is 1. The molecule has 0 spiro atoms. The van der Waals surface area contributed by atoms with E-state index in [4.69, 9.17) is 4.74 Å². The van der Waals surface area contributed by atoms with Crippen LogP contribution in [0.3, 0.4) is 0 Å². The van der Waals surface area contributed by atoms with E-state index in [1.807, 2.05) is 49.6 Å². The van der Waals surface area contributed by atoms with E-state index in [9.17, 15) is 9.59 Å². The quantitative estimate of drug-likeness (QED) is 0.782. The molecule has 1 unspecified atom stereocenters. The number of rotatable bonds is 3. The SMILES string of the molecule is CC(=O)c1nc2ccccc2n1CC1CCCN(C(=O)OC(C)(C)C)C1. The number of nitrogens with zero attached hydrogens (tertiary/aromatic N) is 3. The smallest absolute Gasteiger partial charge is 0.410 e. The van der Waals surface area contributed by atoms with Gasteiger partial charge in [0, 0.05) is 26.6 Å². The molecular weight excluding hydrogens is 330 g/mol. The zero-order valence-electron chi connectivity index (χ0n) is 16.0. The van der Waals surface area contributed by atoms with E-state index in [1.165, 1.54) is 0 Å². The van der Waals surface area contributed by atoms with Gasteiger partial charge >= 0.3 is 6.09 Å². The fourth-order valence-electron chi connectivity index (χ4n) is 3.49. The minimum atomic E-state index is -0.494. The fraction of sp³-hybridized carbons (Fsp3) is 0.550. The molecule has 1 aliphatic rings. The Labute approximate surface area is 154 Å². The lowest BCUT2D eigenvalue weighted by Gasteiger charge is -2.34. The van der Waals surface area contributed by atoms with Gasteiger partial charge in [-0.1, -0.05) is 12.1 Å². The second kappa shape index (κ2) is 7.09. The van der Waals surface area contributed by atoms with Crippen LogP contribution in [0.5, 0.6) is 0 Å².